The van der Waals surface area contributed by atoms with Crippen LogP contribution in [0.1, 0.15) is 26.7 Å². The van der Waals surface area contributed by atoms with Gasteiger partial charge in [0.05, 0.1) is 12.2 Å². The SMILES string of the molecule is CC[C@@H]1OP2CCP(O[C@@H]1CC)N(C)S(=S)N2C. The zero-order chi connectivity index (χ0) is 13.3. The summed E-state index contributed by atoms with van der Waals surface area (Å²) in [5, 5.41) is 0. The van der Waals surface area contributed by atoms with Crippen molar-refractivity contribution in [3.05, 3.63) is 0 Å². The summed E-state index contributed by atoms with van der Waals surface area (Å²) in [6, 6.07) is 0. The lowest BCUT2D eigenvalue weighted by Crippen LogP contribution is -2.31. The summed E-state index contributed by atoms with van der Waals surface area (Å²) < 4.78 is 17.2. The van der Waals surface area contributed by atoms with Gasteiger partial charge in [0.15, 0.2) is 0 Å². The lowest BCUT2D eigenvalue weighted by molar-refractivity contribution is 0.0594. The first-order chi connectivity index (χ1) is 8.58. The third-order valence-corrected chi connectivity index (χ3v) is 12.1. The molecular formula is C10H22N2O2P2S2. The second-order valence-electron chi connectivity index (χ2n) is 4.41. The zero-order valence-electron chi connectivity index (χ0n) is 11.4. The molecule has 0 amide bonds. The maximum atomic E-state index is 6.33. The molecule has 0 radical (unpaired) electrons. The van der Waals surface area contributed by atoms with Crippen LogP contribution in [0.3, 0.4) is 0 Å². The molecule has 2 saturated heterocycles. The summed E-state index contributed by atoms with van der Waals surface area (Å²) in [4.78, 5) is 0. The number of rotatable bonds is 2. The highest BCUT2D eigenvalue weighted by molar-refractivity contribution is 8.29. The van der Waals surface area contributed by atoms with E-state index in [0.29, 0.717) is 0 Å². The maximum absolute atomic E-state index is 6.33. The Labute approximate surface area is 120 Å². The van der Waals surface area contributed by atoms with Gasteiger partial charge in [0.25, 0.3) is 0 Å². The molecule has 5 atom stereocenters. The summed E-state index contributed by atoms with van der Waals surface area (Å²) >= 11 is 5.64. The van der Waals surface area contributed by atoms with E-state index in [0.717, 1.165) is 25.2 Å². The van der Waals surface area contributed by atoms with Gasteiger partial charge in [0.1, 0.15) is 16.6 Å². The molecule has 0 aromatic heterocycles. The Balaban J connectivity index is 2.28. The molecule has 0 spiro atoms. The van der Waals surface area contributed by atoms with Crippen molar-refractivity contribution in [2.75, 3.05) is 26.4 Å². The minimum atomic E-state index is -0.542. The first kappa shape index (κ1) is 15.7. The Morgan fingerprint density at radius 3 is 1.78 bits per heavy atom. The lowest BCUT2D eigenvalue weighted by atomic mass is 10.1. The highest BCUT2D eigenvalue weighted by Crippen LogP contribution is 2.57. The van der Waals surface area contributed by atoms with Crippen molar-refractivity contribution < 1.29 is 9.05 Å². The molecule has 0 aromatic carbocycles. The van der Waals surface area contributed by atoms with Crippen molar-refractivity contribution in [1.29, 1.82) is 0 Å². The number of hydrogen-bond acceptors (Lipinski definition) is 3. The van der Waals surface area contributed by atoms with E-state index in [1.165, 1.54) is 0 Å². The third kappa shape index (κ3) is 3.12. The van der Waals surface area contributed by atoms with Crippen LogP contribution in [0.25, 0.3) is 0 Å². The van der Waals surface area contributed by atoms with Crippen LogP contribution < -0.4 is 0 Å². The van der Waals surface area contributed by atoms with E-state index in [4.69, 9.17) is 20.2 Å². The van der Waals surface area contributed by atoms with Crippen LogP contribution in [-0.2, 0) is 30.1 Å². The maximum Gasteiger partial charge on any atom is 0.116 e. The molecule has 106 valence electrons. The smallest absolute Gasteiger partial charge is 0.116 e. The van der Waals surface area contributed by atoms with Crippen molar-refractivity contribution in [1.82, 2.24) is 8.15 Å². The number of hydrogen-bond donors (Lipinski definition) is 0. The van der Waals surface area contributed by atoms with Crippen molar-refractivity contribution in [3.8, 4) is 0 Å². The Morgan fingerprint density at radius 2 is 1.44 bits per heavy atom. The first-order valence-electron chi connectivity index (χ1n) is 6.36. The van der Waals surface area contributed by atoms with E-state index >= 15 is 0 Å². The molecule has 18 heavy (non-hydrogen) atoms. The molecule has 2 aliphatic heterocycles. The Hall–Kier alpha value is 1.27. The van der Waals surface area contributed by atoms with E-state index in [2.05, 4.69) is 36.1 Å². The Bertz CT molecular complexity index is 296. The van der Waals surface area contributed by atoms with Crippen LogP contribution in [0.2, 0.25) is 0 Å². The van der Waals surface area contributed by atoms with E-state index in [9.17, 15) is 0 Å². The number of nitrogens with zero attached hydrogens (tertiary/aromatic N) is 2. The average molecular weight is 328 g/mol. The molecule has 0 aromatic rings. The lowest BCUT2D eigenvalue weighted by Gasteiger charge is -2.34. The molecule has 0 saturated carbocycles. The molecule has 0 N–H and O–H groups in total. The molecule has 2 heterocycles. The van der Waals surface area contributed by atoms with Crippen LogP contribution in [0.15, 0.2) is 0 Å². The van der Waals surface area contributed by atoms with Gasteiger partial charge in [-0.05, 0) is 24.0 Å². The predicted molar refractivity (Wildman–Crippen MR) is 84.2 cm³/mol. The van der Waals surface area contributed by atoms with Gasteiger partial charge in [-0.25, -0.2) is 0 Å². The monoisotopic (exact) mass is 328 g/mol. The van der Waals surface area contributed by atoms with Crippen molar-refractivity contribution in [2.24, 2.45) is 0 Å². The molecule has 3 unspecified atom stereocenters. The fraction of sp³-hybridized carbons (Fsp3) is 1.00. The predicted octanol–water partition coefficient (Wildman–Crippen LogP) is 3.00. The van der Waals surface area contributed by atoms with E-state index in [1.54, 1.807) is 0 Å². The van der Waals surface area contributed by atoms with Gasteiger partial charge in [-0.2, -0.15) is 8.15 Å². The summed E-state index contributed by atoms with van der Waals surface area (Å²) in [6.07, 6.45) is 4.68. The van der Waals surface area contributed by atoms with Crippen LogP contribution in [-0.4, -0.2) is 46.8 Å². The van der Waals surface area contributed by atoms with Gasteiger partial charge in [0, 0.05) is 36.2 Å². The normalized spacial score (nSPS) is 43.4. The molecule has 2 bridgehead atoms. The number of fused-ring (bicyclic) bond motifs is 3. The van der Waals surface area contributed by atoms with Gasteiger partial charge in [-0.15, -0.1) is 0 Å². The summed E-state index contributed by atoms with van der Waals surface area (Å²) in [6.45, 7) is 4.37. The van der Waals surface area contributed by atoms with Gasteiger partial charge in [0.2, 0.25) is 0 Å². The summed E-state index contributed by atoms with van der Waals surface area (Å²) in [7, 11) is 2.84. The largest absolute Gasteiger partial charge is 0.337 e. The second-order valence-corrected chi connectivity index (χ2v) is 11.3. The molecule has 4 nitrogen and oxygen atoms in total. The van der Waals surface area contributed by atoms with Crippen LogP contribution in [0, 0.1) is 0 Å². The van der Waals surface area contributed by atoms with Crippen molar-refractivity contribution in [2.45, 2.75) is 38.9 Å². The molecule has 2 fully saturated rings. The topological polar surface area (TPSA) is 24.9 Å². The molecular weight excluding hydrogens is 306 g/mol. The molecule has 2 aliphatic rings. The fourth-order valence-electron chi connectivity index (χ4n) is 2.14. The Morgan fingerprint density at radius 1 is 1.06 bits per heavy atom. The minimum Gasteiger partial charge on any atom is -0.337 e. The second kappa shape index (κ2) is 6.82. The van der Waals surface area contributed by atoms with Gasteiger partial charge in [-0.3, -0.25) is 0 Å². The van der Waals surface area contributed by atoms with Crippen LogP contribution in [0.4, 0.5) is 0 Å². The van der Waals surface area contributed by atoms with Gasteiger partial charge in [-0.1, -0.05) is 13.8 Å². The quantitative estimate of drug-likeness (QED) is 0.726. The van der Waals surface area contributed by atoms with E-state index < -0.39 is 16.6 Å². The molecule has 8 heteroatoms. The fourth-order valence-corrected chi connectivity index (χ4v) is 10.2. The van der Waals surface area contributed by atoms with Gasteiger partial charge >= 0.3 is 0 Å². The van der Waals surface area contributed by atoms with Crippen LogP contribution >= 0.6 is 16.6 Å². The van der Waals surface area contributed by atoms with E-state index in [1.807, 2.05) is 0 Å². The highest BCUT2D eigenvalue weighted by atomic mass is 32.8. The summed E-state index contributed by atoms with van der Waals surface area (Å²) in [5.74, 6) is 0. The highest BCUT2D eigenvalue weighted by Gasteiger charge is 2.39. The third-order valence-electron chi connectivity index (χ3n) is 3.30. The minimum absolute atomic E-state index is 0.229. The molecule has 0 aliphatic carbocycles. The van der Waals surface area contributed by atoms with Gasteiger partial charge < -0.3 is 9.05 Å². The van der Waals surface area contributed by atoms with Crippen molar-refractivity contribution >= 4 is 37.6 Å². The zero-order valence-corrected chi connectivity index (χ0v) is 14.8. The summed E-state index contributed by atoms with van der Waals surface area (Å²) in [5.41, 5.74) is 0. The standard InChI is InChI=1S/C10H22N2O2P2S2/c1-5-9-10(6-2)14-16-8-7-15(13-9)11(3)18(17)12(16)4/h9-10H,5-8H2,1-4H3/t9-,10+,15?,16?,18?. The first-order valence-corrected chi connectivity index (χ1v) is 11.2. The molecule has 2 rings (SSSR count). The van der Waals surface area contributed by atoms with E-state index in [-0.39, 0.29) is 22.0 Å². The average Bonchev–Trinajstić information content (AvgIpc) is 2.43. The Kier molecular flexibility index (Phi) is 5.93. The van der Waals surface area contributed by atoms with Crippen molar-refractivity contribution in [3.63, 3.8) is 0 Å². The van der Waals surface area contributed by atoms with Crippen LogP contribution in [0.5, 0.6) is 0 Å².